The molecule has 4 aromatic heterocycles. The van der Waals surface area contributed by atoms with Crippen molar-refractivity contribution in [3.8, 4) is 39.7 Å². The van der Waals surface area contributed by atoms with Gasteiger partial charge in [0.25, 0.3) is 0 Å². The number of benzene rings is 6. The average molecular weight is 856 g/mol. The molecule has 0 amide bonds. The Morgan fingerprint density at radius 1 is 0.692 bits per heavy atom. The first-order chi connectivity index (χ1) is 27.5. The molecular weight excluding hydrogens is 819 g/mol. The fourth-order valence-corrected chi connectivity index (χ4v) is 6.35. The van der Waals surface area contributed by atoms with Crippen molar-refractivity contribution in [3.05, 3.63) is 175 Å². The summed E-state index contributed by atoms with van der Waals surface area (Å²) in [5, 5.41) is 3.24. The molecule has 0 aliphatic heterocycles. The van der Waals surface area contributed by atoms with Gasteiger partial charge in [-0.15, -0.1) is 53.6 Å². The van der Waals surface area contributed by atoms with E-state index in [1.54, 1.807) is 12.1 Å². The van der Waals surface area contributed by atoms with Crippen molar-refractivity contribution in [3.63, 3.8) is 0 Å². The molecule has 253 valence electrons. The van der Waals surface area contributed by atoms with Gasteiger partial charge in [0.1, 0.15) is 16.9 Å². The van der Waals surface area contributed by atoms with Gasteiger partial charge in [-0.25, -0.2) is 0 Å². The van der Waals surface area contributed by atoms with Gasteiger partial charge in [-0.3, -0.25) is 4.98 Å². The molecule has 10 rings (SSSR count). The second-order valence-corrected chi connectivity index (χ2v) is 12.1. The molecule has 6 aromatic carbocycles. The molecule has 0 saturated heterocycles. The monoisotopic (exact) mass is 856 g/mol. The molecular formula is C46H31IrN3O2-2. The minimum Gasteiger partial charge on any atom is -0.501 e. The Kier molecular flexibility index (Phi) is 7.15. The maximum Gasteiger partial charge on any atom is 0.135 e. The third-order valence-electron chi connectivity index (χ3n) is 8.81. The number of rotatable bonds is 4. The smallest absolute Gasteiger partial charge is 0.135 e. The maximum absolute atomic E-state index is 7.28. The number of hydrogen-bond acceptors (Lipinski definition) is 4. The van der Waals surface area contributed by atoms with Crippen LogP contribution < -0.4 is 0 Å². The topological polar surface area (TPSA) is 57.0 Å². The second-order valence-electron chi connectivity index (χ2n) is 12.1. The molecule has 0 bridgehead atoms. The van der Waals surface area contributed by atoms with Crippen LogP contribution in [0.1, 0.15) is 19.4 Å². The molecule has 0 unspecified atom stereocenters. The summed E-state index contributed by atoms with van der Waals surface area (Å²) in [6.45, 7) is -4.34. The molecule has 10 aromatic rings. The first kappa shape index (κ1) is 26.7. The van der Waals surface area contributed by atoms with Gasteiger partial charge in [-0.1, -0.05) is 78.5 Å². The zero-order valence-corrected chi connectivity index (χ0v) is 29.8. The third-order valence-corrected chi connectivity index (χ3v) is 8.81. The molecule has 0 saturated carbocycles. The Morgan fingerprint density at radius 2 is 1.48 bits per heavy atom. The number of imidazole rings is 1. The minimum absolute atomic E-state index is 0. The Balaban J connectivity index is 0.000000191. The summed E-state index contributed by atoms with van der Waals surface area (Å²) in [6, 6.07) is 52.7. The zero-order valence-electron chi connectivity index (χ0n) is 33.4. The molecule has 6 heteroatoms. The predicted octanol–water partition coefficient (Wildman–Crippen LogP) is 12.0. The van der Waals surface area contributed by atoms with Crippen LogP contribution in [-0.4, -0.2) is 14.5 Å². The van der Waals surface area contributed by atoms with Crippen LogP contribution in [0.4, 0.5) is 0 Å². The van der Waals surface area contributed by atoms with E-state index in [2.05, 4.69) is 76.3 Å². The van der Waals surface area contributed by atoms with Gasteiger partial charge in [-0.2, -0.15) is 0 Å². The van der Waals surface area contributed by atoms with E-state index in [-0.39, 0.29) is 31.2 Å². The van der Waals surface area contributed by atoms with Crippen LogP contribution in [0.3, 0.4) is 0 Å². The van der Waals surface area contributed by atoms with Crippen molar-refractivity contribution in [2.24, 2.45) is 0 Å². The normalized spacial score (nSPS) is 13.3. The van der Waals surface area contributed by atoms with Crippen molar-refractivity contribution in [1.29, 1.82) is 0 Å². The van der Waals surface area contributed by atoms with Gasteiger partial charge < -0.3 is 18.4 Å². The number of nitrogens with zero attached hydrogens (tertiary/aromatic N) is 3. The van der Waals surface area contributed by atoms with Crippen LogP contribution in [0.2, 0.25) is 0 Å². The van der Waals surface area contributed by atoms with Crippen LogP contribution in [0.25, 0.3) is 83.6 Å². The van der Waals surface area contributed by atoms with E-state index in [0.717, 1.165) is 72.3 Å². The Hall–Kier alpha value is -6.07. The van der Waals surface area contributed by atoms with Crippen molar-refractivity contribution >= 4 is 43.9 Å². The summed E-state index contributed by atoms with van der Waals surface area (Å²) < 4.78 is 58.2. The van der Waals surface area contributed by atoms with Crippen molar-refractivity contribution in [1.82, 2.24) is 14.5 Å². The number of para-hydroxylation sites is 4. The predicted molar refractivity (Wildman–Crippen MR) is 206 cm³/mol. The summed E-state index contributed by atoms with van der Waals surface area (Å²) in [4.78, 5) is 9.12. The van der Waals surface area contributed by atoms with E-state index >= 15 is 0 Å². The van der Waals surface area contributed by atoms with Gasteiger partial charge in [0.05, 0.1) is 22.4 Å². The largest absolute Gasteiger partial charge is 0.501 e. The van der Waals surface area contributed by atoms with Crippen molar-refractivity contribution in [2.75, 3.05) is 0 Å². The summed E-state index contributed by atoms with van der Waals surface area (Å²) in [5.74, 6) is 1.64. The molecule has 0 atom stereocenters. The van der Waals surface area contributed by atoms with Crippen molar-refractivity contribution < 1.29 is 37.2 Å². The standard InChI is InChI=1S/C33H19N2O2.C13H12N.Ir/c1-5-14-29-22(8-1)20-31(36-29)21-16-18-23(19-17-21)35-28-13-4-3-12-27(28)34-33(35)26-11-7-10-25-24-9-2-6-15-30(24)37-32(25)26;1-10-3-6-12(7-4-10)13-8-5-11(2)9-14-13;/h1-10,12-20H;3-6,8-9H,1-2H3;/q2*-1;/i;1D3,2D3;. The molecule has 0 N–H and O–H groups in total. The molecule has 0 aliphatic rings. The van der Waals surface area contributed by atoms with Gasteiger partial charge in [0.15, 0.2) is 0 Å². The Morgan fingerprint density at radius 3 is 2.27 bits per heavy atom. The van der Waals surface area contributed by atoms with Crippen molar-refractivity contribution in [2.45, 2.75) is 13.7 Å². The first-order valence-corrected chi connectivity index (χ1v) is 16.4. The molecule has 0 fully saturated rings. The fraction of sp³-hybridized carbons (Fsp3) is 0.0435. The summed E-state index contributed by atoms with van der Waals surface area (Å²) in [7, 11) is 0. The number of aryl methyl sites for hydroxylation is 2. The van der Waals surface area contributed by atoms with Gasteiger partial charge in [0.2, 0.25) is 0 Å². The average Bonchev–Trinajstić information content (AvgIpc) is 3.94. The molecule has 4 heterocycles. The number of pyridine rings is 1. The number of aromatic nitrogens is 3. The van der Waals surface area contributed by atoms with Gasteiger partial charge in [-0.05, 0) is 72.7 Å². The molecule has 52 heavy (non-hydrogen) atoms. The minimum atomic E-state index is -2.18. The van der Waals surface area contributed by atoms with Gasteiger partial charge in [0, 0.05) is 56.6 Å². The summed E-state index contributed by atoms with van der Waals surface area (Å²) in [5.41, 5.74) is 8.89. The fourth-order valence-electron chi connectivity index (χ4n) is 6.35. The molecule has 0 aliphatic carbocycles. The SMILES string of the molecule is [2H]C([2H])([2H])c1c[c-]c(-c2ccc(C([2H])([2H])[2H])cn2)cc1.[Ir].[c-]1ccc2c(oc3ccccc32)c1-c1nc2ccccc2n1-c1ccc(-c2cc3ccccc3o2)cc1. The summed E-state index contributed by atoms with van der Waals surface area (Å²) in [6.07, 6.45) is 1.30. The zero-order chi connectivity index (χ0) is 39.3. The van der Waals surface area contributed by atoms with E-state index in [1.165, 1.54) is 24.4 Å². The van der Waals surface area contributed by atoms with E-state index in [4.69, 9.17) is 22.0 Å². The van der Waals surface area contributed by atoms with Crippen LogP contribution >= 0.6 is 0 Å². The summed E-state index contributed by atoms with van der Waals surface area (Å²) >= 11 is 0. The van der Waals surface area contributed by atoms with E-state index in [9.17, 15) is 0 Å². The quantitative estimate of drug-likeness (QED) is 0.166. The molecule has 5 nitrogen and oxygen atoms in total. The Bertz CT molecular complexity index is 2950. The number of hydrogen-bond donors (Lipinski definition) is 0. The van der Waals surface area contributed by atoms with Gasteiger partial charge >= 0.3 is 0 Å². The number of furan rings is 2. The van der Waals surface area contributed by atoms with E-state index in [0.29, 0.717) is 11.3 Å². The van der Waals surface area contributed by atoms with Crippen LogP contribution in [0.5, 0.6) is 0 Å². The van der Waals surface area contributed by atoms with E-state index < -0.39 is 13.7 Å². The van der Waals surface area contributed by atoms with Crippen LogP contribution in [0.15, 0.2) is 161 Å². The number of fused-ring (bicyclic) bond motifs is 5. The van der Waals surface area contributed by atoms with Crippen LogP contribution in [0, 0.1) is 25.8 Å². The molecule has 0 spiro atoms. The Labute approximate surface area is 323 Å². The van der Waals surface area contributed by atoms with Crippen LogP contribution in [-0.2, 0) is 20.1 Å². The first-order valence-electron chi connectivity index (χ1n) is 19.4. The maximum atomic E-state index is 7.28. The third kappa shape index (κ3) is 6.13. The second kappa shape index (κ2) is 13.9. The van der Waals surface area contributed by atoms with E-state index in [1.807, 2.05) is 60.7 Å². The molecule has 1 radical (unpaired) electrons.